The summed E-state index contributed by atoms with van der Waals surface area (Å²) in [6, 6.07) is 9.39. The van der Waals surface area contributed by atoms with E-state index in [4.69, 9.17) is 10.5 Å². The molecule has 1 aromatic heterocycles. The number of nitrogens with two attached hydrogens (primary N) is 1. The van der Waals surface area contributed by atoms with Gasteiger partial charge in [-0.15, -0.1) is 24.8 Å². The first-order valence-corrected chi connectivity index (χ1v) is 5.96. The molecule has 1 heterocycles. The third-order valence-corrected chi connectivity index (χ3v) is 2.73. The Hall–Kier alpha value is -1.36. The highest BCUT2D eigenvalue weighted by atomic mass is 35.5. The van der Waals surface area contributed by atoms with E-state index in [9.17, 15) is 4.79 Å². The largest absolute Gasteiger partial charge is 0.466 e. The van der Waals surface area contributed by atoms with Gasteiger partial charge in [-0.3, -0.25) is 9.78 Å². The summed E-state index contributed by atoms with van der Waals surface area (Å²) in [5, 5.41) is 1.02. The quantitative estimate of drug-likeness (QED) is 0.880. The van der Waals surface area contributed by atoms with Crippen molar-refractivity contribution < 1.29 is 9.53 Å². The van der Waals surface area contributed by atoms with Crippen molar-refractivity contribution in [2.75, 3.05) is 6.61 Å². The van der Waals surface area contributed by atoms with Crippen LogP contribution in [-0.2, 0) is 9.53 Å². The van der Waals surface area contributed by atoms with Crippen LogP contribution in [0.2, 0.25) is 0 Å². The normalized spacial score (nSPS) is 11.1. The van der Waals surface area contributed by atoms with Gasteiger partial charge in [0.05, 0.1) is 18.5 Å². The second kappa shape index (κ2) is 8.74. The lowest BCUT2D eigenvalue weighted by atomic mass is 10.0. The van der Waals surface area contributed by atoms with Gasteiger partial charge < -0.3 is 10.5 Å². The van der Waals surface area contributed by atoms with Gasteiger partial charge >= 0.3 is 5.97 Å². The molecule has 6 heteroatoms. The Morgan fingerprint density at radius 1 is 1.35 bits per heavy atom. The third-order valence-electron chi connectivity index (χ3n) is 2.73. The number of hydrogen-bond acceptors (Lipinski definition) is 4. The number of carbonyl (C=O) groups excluding carboxylic acids is 1. The number of halogens is 2. The first kappa shape index (κ1) is 18.6. The zero-order valence-electron chi connectivity index (χ0n) is 11.1. The van der Waals surface area contributed by atoms with Gasteiger partial charge in [-0.05, 0) is 24.6 Å². The van der Waals surface area contributed by atoms with Crippen LogP contribution in [0.5, 0.6) is 0 Å². The fraction of sp³-hybridized carbons (Fsp3) is 0.286. The topological polar surface area (TPSA) is 65.2 Å². The molecular formula is C14H18Cl2N2O2. The predicted octanol–water partition coefficient (Wildman–Crippen LogP) is 3.03. The molecule has 2 rings (SSSR count). The van der Waals surface area contributed by atoms with Crippen molar-refractivity contribution in [3.8, 4) is 0 Å². The van der Waals surface area contributed by atoms with E-state index >= 15 is 0 Å². The van der Waals surface area contributed by atoms with Crippen LogP contribution >= 0.6 is 24.8 Å². The Balaban J connectivity index is 0.00000180. The maximum atomic E-state index is 11.4. The average molecular weight is 317 g/mol. The monoisotopic (exact) mass is 316 g/mol. The third kappa shape index (κ3) is 4.63. The van der Waals surface area contributed by atoms with E-state index < -0.39 is 0 Å². The smallest absolute Gasteiger partial charge is 0.307 e. The van der Waals surface area contributed by atoms with E-state index in [1.165, 1.54) is 0 Å². The number of esters is 1. The number of para-hydroxylation sites is 1. The number of ether oxygens (including phenoxy) is 1. The minimum Gasteiger partial charge on any atom is -0.466 e. The summed E-state index contributed by atoms with van der Waals surface area (Å²) in [6.07, 6.45) is 1.89. The summed E-state index contributed by atoms with van der Waals surface area (Å²) in [5.74, 6) is -0.279. The Morgan fingerprint density at radius 2 is 2.05 bits per heavy atom. The first-order valence-electron chi connectivity index (χ1n) is 5.96. The highest BCUT2D eigenvalue weighted by Crippen LogP contribution is 2.19. The molecule has 0 aliphatic carbocycles. The van der Waals surface area contributed by atoms with E-state index in [1.807, 2.05) is 30.3 Å². The van der Waals surface area contributed by atoms with Crippen LogP contribution in [0.1, 0.15) is 24.9 Å². The molecule has 1 aromatic carbocycles. The van der Waals surface area contributed by atoms with Gasteiger partial charge in [-0.25, -0.2) is 0 Å². The van der Waals surface area contributed by atoms with Gasteiger partial charge in [-0.2, -0.15) is 0 Å². The molecule has 1 unspecified atom stereocenters. The summed E-state index contributed by atoms with van der Waals surface area (Å²) < 4.78 is 4.88. The molecular weight excluding hydrogens is 299 g/mol. The van der Waals surface area contributed by atoms with Gasteiger partial charge in [0, 0.05) is 17.6 Å². The lowest BCUT2D eigenvalue weighted by Gasteiger charge is -2.11. The van der Waals surface area contributed by atoms with E-state index in [-0.39, 0.29) is 43.2 Å². The van der Waals surface area contributed by atoms with Crippen molar-refractivity contribution in [2.24, 2.45) is 5.73 Å². The maximum absolute atomic E-state index is 11.4. The number of fused-ring (bicyclic) bond motifs is 1. The fourth-order valence-corrected chi connectivity index (χ4v) is 1.81. The molecule has 2 aromatic rings. The Morgan fingerprint density at radius 3 is 2.75 bits per heavy atom. The molecule has 1 atom stereocenters. The van der Waals surface area contributed by atoms with Crippen molar-refractivity contribution in [1.29, 1.82) is 0 Å². The molecule has 2 N–H and O–H groups in total. The molecule has 0 aliphatic heterocycles. The van der Waals surface area contributed by atoms with Gasteiger partial charge in [0.25, 0.3) is 0 Å². The molecule has 110 valence electrons. The Labute approximate surface area is 130 Å². The molecule has 0 fully saturated rings. The van der Waals surface area contributed by atoms with Crippen LogP contribution in [0, 0.1) is 0 Å². The van der Waals surface area contributed by atoms with Gasteiger partial charge in [0.1, 0.15) is 0 Å². The lowest BCUT2D eigenvalue weighted by molar-refractivity contribution is -0.143. The number of nitrogens with zero attached hydrogens (tertiary/aromatic N) is 1. The first-order chi connectivity index (χ1) is 8.70. The molecule has 0 bridgehead atoms. The standard InChI is InChI=1S/C14H16N2O2.2ClH/c1-2-18-14(17)8-12(15)11-7-10-5-3-4-6-13(10)16-9-11;;/h3-7,9,12H,2,8,15H2,1H3;2*1H. The predicted molar refractivity (Wildman–Crippen MR) is 84.4 cm³/mol. The highest BCUT2D eigenvalue weighted by Gasteiger charge is 2.13. The van der Waals surface area contributed by atoms with Crippen LogP contribution in [0.15, 0.2) is 36.5 Å². The number of pyridine rings is 1. The van der Waals surface area contributed by atoms with E-state index in [1.54, 1.807) is 13.1 Å². The molecule has 4 nitrogen and oxygen atoms in total. The summed E-state index contributed by atoms with van der Waals surface area (Å²) in [4.78, 5) is 15.7. The van der Waals surface area contributed by atoms with E-state index in [2.05, 4.69) is 4.98 Å². The minimum absolute atomic E-state index is 0. The molecule has 0 saturated heterocycles. The second-order valence-corrected chi connectivity index (χ2v) is 4.08. The summed E-state index contributed by atoms with van der Waals surface area (Å²) in [6.45, 7) is 2.16. The number of aromatic nitrogens is 1. The molecule has 0 saturated carbocycles. The molecule has 0 radical (unpaired) electrons. The second-order valence-electron chi connectivity index (χ2n) is 4.08. The minimum atomic E-state index is -0.374. The van der Waals surface area contributed by atoms with Crippen molar-refractivity contribution >= 4 is 41.7 Å². The zero-order valence-corrected chi connectivity index (χ0v) is 12.7. The summed E-state index contributed by atoms with van der Waals surface area (Å²) >= 11 is 0. The van der Waals surface area contributed by atoms with Crippen LogP contribution in [0.3, 0.4) is 0 Å². The maximum Gasteiger partial charge on any atom is 0.307 e. The summed E-state index contributed by atoms with van der Waals surface area (Å²) in [5.41, 5.74) is 7.75. The SMILES string of the molecule is CCOC(=O)CC(N)c1cnc2ccccc2c1.Cl.Cl. The molecule has 0 amide bonds. The van der Waals surface area contributed by atoms with Crippen LogP contribution in [-0.4, -0.2) is 17.6 Å². The van der Waals surface area contributed by atoms with E-state index in [0.717, 1.165) is 16.5 Å². The van der Waals surface area contributed by atoms with E-state index in [0.29, 0.717) is 6.61 Å². The van der Waals surface area contributed by atoms with Crippen LogP contribution in [0.25, 0.3) is 10.9 Å². The number of hydrogen-bond donors (Lipinski definition) is 1. The van der Waals surface area contributed by atoms with Crippen molar-refractivity contribution in [1.82, 2.24) is 4.98 Å². The van der Waals surface area contributed by atoms with Crippen LogP contribution in [0.4, 0.5) is 0 Å². The number of benzene rings is 1. The lowest BCUT2D eigenvalue weighted by Crippen LogP contribution is -2.17. The Bertz CT molecular complexity index is 564. The molecule has 0 spiro atoms. The van der Waals surface area contributed by atoms with Gasteiger partial charge in [-0.1, -0.05) is 18.2 Å². The van der Waals surface area contributed by atoms with Crippen molar-refractivity contribution in [3.63, 3.8) is 0 Å². The average Bonchev–Trinajstić information content (AvgIpc) is 2.38. The summed E-state index contributed by atoms with van der Waals surface area (Å²) in [7, 11) is 0. The van der Waals surface area contributed by atoms with Crippen LogP contribution < -0.4 is 5.73 Å². The number of carbonyl (C=O) groups is 1. The number of rotatable bonds is 4. The van der Waals surface area contributed by atoms with Gasteiger partial charge in [0.2, 0.25) is 0 Å². The van der Waals surface area contributed by atoms with Gasteiger partial charge in [0.15, 0.2) is 0 Å². The fourth-order valence-electron chi connectivity index (χ4n) is 1.81. The molecule has 20 heavy (non-hydrogen) atoms. The van der Waals surface area contributed by atoms with Crippen molar-refractivity contribution in [2.45, 2.75) is 19.4 Å². The molecule has 0 aliphatic rings. The highest BCUT2D eigenvalue weighted by molar-refractivity contribution is 5.85. The van der Waals surface area contributed by atoms with Crippen molar-refractivity contribution in [3.05, 3.63) is 42.1 Å². The Kier molecular flexibility index (Phi) is 8.15. The zero-order chi connectivity index (χ0) is 13.0.